The molecule has 1 saturated carbocycles. The molecule has 0 radical (unpaired) electrons. The van der Waals surface area contributed by atoms with Crippen LogP contribution in [-0.4, -0.2) is 23.8 Å². The van der Waals surface area contributed by atoms with Crippen molar-refractivity contribution in [2.45, 2.75) is 31.8 Å². The molecular weight excluding hydrogens is 270 g/mol. The number of hydrogen-bond acceptors (Lipinski definition) is 6. The van der Waals surface area contributed by atoms with E-state index in [0.29, 0.717) is 29.9 Å². The number of aromatic nitrogens is 2. The van der Waals surface area contributed by atoms with Crippen LogP contribution in [0.1, 0.15) is 36.0 Å². The van der Waals surface area contributed by atoms with Crippen LogP contribution >= 0.6 is 0 Å². The summed E-state index contributed by atoms with van der Waals surface area (Å²) >= 11 is 0. The van der Waals surface area contributed by atoms with Gasteiger partial charge in [-0.05, 0) is 37.4 Å². The van der Waals surface area contributed by atoms with Crippen LogP contribution in [0.15, 0.2) is 22.7 Å². The van der Waals surface area contributed by atoms with Crippen LogP contribution in [0.2, 0.25) is 0 Å². The maximum atomic E-state index is 5.83. The second-order valence-corrected chi connectivity index (χ2v) is 5.10. The van der Waals surface area contributed by atoms with Crippen molar-refractivity contribution in [1.29, 1.82) is 0 Å². The van der Waals surface area contributed by atoms with E-state index in [1.54, 1.807) is 7.11 Å². The first-order valence-corrected chi connectivity index (χ1v) is 7.13. The van der Waals surface area contributed by atoms with E-state index in [2.05, 4.69) is 10.1 Å². The molecule has 112 valence electrons. The number of para-hydroxylation sites is 1. The first kappa shape index (κ1) is 13.9. The highest BCUT2D eigenvalue weighted by molar-refractivity contribution is 5.46. The average Bonchev–Trinajstić information content (AvgIpc) is 3.25. The van der Waals surface area contributed by atoms with E-state index < -0.39 is 0 Å². The number of nitrogens with zero attached hydrogens (tertiary/aromatic N) is 2. The van der Waals surface area contributed by atoms with Crippen LogP contribution < -0.4 is 15.2 Å². The molecule has 1 aromatic carbocycles. The fourth-order valence-corrected chi connectivity index (χ4v) is 2.21. The molecule has 6 heteroatoms. The van der Waals surface area contributed by atoms with Crippen molar-refractivity contribution < 1.29 is 14.0 Å². The van der Waals surface area contributed by atoms with Gasteiger partial charge in [0.25, 0.3) is 5.89 Å². The van der Waals surface area contributed by atoms with Crippen LogP contribution in [0.4, 0.5) is 0 Å². The molecule has 0 unspecified atom stereocenters. The van der Waals surface area contributed by atoms with Gasteiger partial charge >= 0.3 is 0 Å². The lowest BCUT2D eigenvalue weighted by molar-refractivity contribution is 0.231. The van der Waals surface area contributed by atoms with Crippen LogP contribution in [0.5, 0.6) is 11.5 Å². The molecule has 1 fully saturated rings. The lowest BCUT2D eigenvalue weighted by Gasteiger charge is -2.13. The smallest absolute Gasteiger partial charge is 0.264 e. The Kier molecular flexibility index (Phi) is 4.06. The lowest BCUT2D eigenvalue weighted by atomic mass is 10.1. The normalized spacial score (nSPS) is 14.2. The Labute approximate surface area is 123 Å². The zero-order valence-electron chi connectivity index (χ0n) is 12.0. The number of nitrogens with two attached hydrogens (primary N) is 1. The third-order valence-electron chi connectivity index (χ3n) is 3.46. The molecule has 1 aliphatic rings. The van der Waals surface area contributed by atoms with E-state index in [0.717, 1.165) is 30.7 Å². The Balaban J connectivity index is 1.73. The van der Waals surface area contributed by atoms with Crippen LogP contribution in [0.25, 0.3) is 0 Å². The maximum absolute atomic E-state index is 5.83. The van der Waals surface area contributed by atoms with Gasteiger partial charge in [0.15, 0.2) is 23.9 Å². The largest absolute Gasteiger partial charge is 0.493 e. The fourth-order valence-electron chi connectivity index (χ4n) is 2.21. The molecule has 1 aromatic heterocycles. The Morgan fingerprint density at radius 1 is 1.38 bits per heavy atom. The molecule has 2 aromatic rings. The monoisotopic (exact) mass is 289 g/mol. The van der Waals surface area contributed by atoms with E-state index in [1.165, 1.54) is 0 Å². The maximum Gasteiger partial charge on any atom is 0.264 e. The Morgan fingerprint density at radius 3 is 2.95 bits per heavy atom. The summed E-state index contributed by atoms with van der Waals surface area (Å²) < 4.78 is 16.4. The van der Waals surface area contributed by atoms with Gasteiger partial charge < -0.3 is 19.7 Å². The lowest BCUT2D eigenvalue weighted by Crippen LogP contribution is -2.06. The molecule has 6 nitrogen and oxygen atoms in total. The highest BCUT2D eigenvalue weighted by Crippen LogP contribution is 2.38. The van der Waals surface area contributed by atoms with Gasteiger partial charge in [-0.3, -0.25) is 0 Å². The number of hydrogen-bond donors (Lipinski definition) is 1. The van der Waals surface area contributed by atoms with Crippen LogP contribution in [-0.2, 0) is 13.0 Å². The van der Waals surface area contributed by atoms with Crippen molar-refractivity contribution >= 4 is 0 Å². The molecule has 0 bridgehead atoms. The SMILES string of the molecule is COc1cccc(CCN)c1OCc1nc(C2CC2)no1. The van der Waals surface area contributed by atoms with Gasteiger partial charge in [0.05, 0.1) is 7.11 Å². The molecule has 0 spiro atoms. The first-order valence-electron chi connectivity index (χ1n) is 7.13. The Hall–Kier alpha value is -2.08. The summed E-state index contributed by atoms with van der Waals surface area (Å²) in [6.45, 7) is 0.785. The molecule has 0 saturated heterocycles. The van der Waals surface area contributed by atoms with Gasteiger partial charge in [-0.15, -0.1) is 0 Å². The van der Waals surface area contributed by atoms with Gasteiger partial charge in [0, 0.05) is 5.92 Å². The standard InChI is InChI=1S/C15H19N3O3/c1-19-12-4-2-3-10(7-8-16)14(12)20-9-13-17-15(18-21-13)11-5-6-11/h2-4,11H,5-9,16H2,1H3. The predicted octanol–water partition coefficient (Wildman–Crippen LogP) is 2.04. The summed E-state index contributed by atoms with van der Waals surface area (Å²) in [4.78, 5) is 4.35. The van der Waals surface area contributed by atoms with Crippen molar-refractivity contribution in [3.8, 4) is 11.5 Å². The number of benzene rings is 1. The van der Waals surface area contributed by atoms with Gasteiger partial charge in [0.1, 0.15) is 0 Å². The third kappa shape index (κ3) is 3.16. The summed E-state index contributed by atoms with van der Waals surface area (Å²) in [6, 6.07) is 5.77. The zero-order valence-corrected chi connectivity index (χ0v) is 12.0. The van der Waals surface area contributed by atoms with E-state index in [1.807, 2.05) is 18.2 Å². The molecule has 1 aliphatic carbocycles. The zero-order chi connectivity index (χ0) is 14.7. The molecule has 21 heavy (non-hydrogen) atoms. The Bertz CT molecular complexity index is 608. The van der Waals surface area contributed by atoms with Gasteiger partial charge in [0.2, 0.25) is 0 Å². The molecule has 2 N–H and O–H groups in total. The molecule has 0 amide bonds. The minimum atomic E-state index is 0.234. The molecule has 0 aliphatic heterocycles. The average molecular weight is 289 g/mol. The van der Waals surface area contributed by atoms with E-state index in [4.69, 9.17) is 19.7 Å². The minimum Gasteiger partial charge on any atom is -0.493 e. The quantitative estimate of drug-likeness (QED) is 0.839. The summed E-state index contributed by atoms with van der Waals surface area (Å²) in [5, 5.41) is 3.97. The van der Waals surface area contributed by atoms with Crippen molar-refractivity contribution in [3.05, 3.63) is 35.5 Å². The topological polar surface area (TPSA) is 83.4 Å². The first-order chi connectivity index (χ1) is 10.3. The van der Waals surface area contributed by atoms with E-state index >= 15 is 0 Å². The molecular formula is C15H19N3O3. The van der Waals surface area contributed by atoms with E-state index in [-0.39, 0.29) is 6.61 Å². The van der Waals surface area contributed by atoms with Crippen LogP contribution in [0.3, 0.4) is 0 Å². The number of rotatable bonds is 7. The molecule has 0 atom stereocenters. The van der Waals surface area contributed by atoms with E-state index in [9.17, 15) is 0 Å². The number of ether oxygens (including phenoxy) is 2. The van der Waals surface area contributed by atoms with Crippen molar-refractivity contribution in [2.24, 2.45) is 5.73 Å². The Morgan fingerprint density at radius 2 is 2.24 bits per heavy atom. The van der Waals surface area contributed by atoms with Gasteiger partial charge in [-0.25, -0.2) is 0 Å². The van der Waals surface area contributed by atoms with Gasteiger partial charge in [-0.1, -0.05) is 17.3 Å². The summed E-state index contributed by atoms with van der Waals surface area (Å²) in [7, 11) is 1.62. The summed E-state index contributed by atoms with van der Waals surface area (Å²) in [5.41, 5.74) is 6.65. The van der Waals surface area contributed by atoms with Crippen LogP contribution in [0, 0.1) is 0 Å². The molecule has 1 heterocycles. The third-order valence-corrected chi connectivity index (χ3v) is 3.46. The summed E-state index contributed by atoms with van der Waals surface area (Å²) in [6.07, 6.45) is 3.02. The minimum absolute atomic E-state index is 0.234. The van der Waals surface area contributed by atoms with Crippen molar-refractivity contribution in [3.63, 3.8) is 0 Å². The highest BCUT2D eigenvalue weighted by atomic mass is 16.5. The second kappa shape index (κ2) is 6.13. The second-order valence-electron chi connectivity index (χ2n) is 5.10. The predicted molar refractivity (Wildman–Crippen MR) is 76.4 cm³/mol. The number of methoxy groups -OCH3 is 1. The fraction of sp³-hybridized carbons (Fsp3) is 0.467. The van der Waals surface area contributed by atoms with Crippen molar-refractivity contribution in [1.82, 2.24) is 10.1 Å². The van der Waals surface area contributed by atoms with Crippen molar-refractivity contribution in [2.75, 3.05) is 13.7 Å². The molecule has 3 rings (SSSR count). The summed E-state index contributed by atoms with van der Waals surface area (Å²) in [5.74, 6) is 3.12. The van der Waals surface area contributed by atoms with Gasteiger partial charge in [-0.2, -0.15) is 4.98 Å². The highest BCUT2D eigenvalue weighted by Gasteiger charge is 2.28.